The Morgan fingerprint density at radius 3 is 1.72 bits per heavy atom. The van der Waals surface area contributed by atoms with Crippen molar-refractivity contribution in [2.24, 2.45) is 5.92 Å². The lowest BCUT2D eigenvalue weighted by molar-refractivity contribution is -0.134. The van der Waals surface area contributed by atoms with Crippen LogP contribution in [-0.2, 0) is 18.9 Å². The molecule has 2 heterocycles. The predicted octanol–water partition coefficient (Wildman–Crippen LogP) is -0.130. The van der Waals surface area contributed by atoms with Gasteiger partial charge in [-0.3, -0.25) is 0 Å². The molecular formula is C12H22O6. The number of aliphatic hydroxyl groups is 2. The molecule has 18 heavy (non-hydrogen) atoms. The third-order valence-electron chi connectivity index (χ3n) is 2.96. The molecule has 0 saturated carbocycles. The summed E-state index contributed by atoms with van der Waals surface area (Å²) in [5.41, 5.74) is 0. The zero-order valence-electron chi connectivity index (χ0n) is 10.7. The molecule has 0 amide bonds. The van der Waals surface area contributed by atoms with E-state index in [9.17, 15) is 10.2 Å². The summed E-state index contributed by atoms with van der Waals surface area (Å²) in [5, 5.41) is 19.2. The molecule has 0 aromatic heterocycles. The SMILES string of the molecule is CC(CC(O)OCC1CO1)CC(O)OCC1CO1. The van der Waals surface area contributed by atoms with Crippen LogP contribution in [0.3, 0.4) is 0 Å². The highest BCUT2D eigenvalue weighted by Crippen LogP contribution is 2.17. The first kappa shape index (κ1) is 14.2. The van der Waals surface area contributed by atoms with Crippen LogP contribution in [0, 0.1) is 5.92 Å². The second-order valence-corrected chi connectivity index (χ2v) is 5.06. The molecule has 0 aliphatic carbocycles. The molecule has 4 unspecified atom stereocenters. The van der Waals surface area contributed by atoms with Gasteiger partial charge in [0, 0.05) is 12.8 Å². The van der Waals surface area contributed by atoms with Crippen LogP contribution in [0.25, 0.3) is 0 Å². The Bertz CT molecular complexity index is 217. The first-order valence-corrected chi connectivity index (χ1v) is 6.46. The van der Waals surface area contributed by atoms with Crippen LogP contribution >= 0.6 is 0 Å². The third-order valence-corrected chi connectivity index (χ3v) is 2.96. The molecule has 2 rings (SSSR count). The molecular weight excluding hydrogens is 240 g/mol. The summed E-state index contributed by atoms with van der Waals surface area (Å²) in [5.74, 6) is 0.121. The zero-order valence-corrected chi connectivity index (χ0v) is 10.7. The van der Waals surface area contributed by atoms with Crippen molar-refractivity contribution in [3.63, 3.8) is 0 Å². The summed E-state index contributed by atoms with van der Waals surface area (Å²) in [6, 6.07) is 0. The lowest BCUT2D eigenvalue weighted by atomic mass is 10.0. The minimum Gasteiger partial charge on any atom is -0.371 e. The lowest BCUT2D eigenvalue weighted by Gasteiger charge is -2.19. The fraction of sp³-hybridized carbons (Fsp3) is 1.00. The van der Waals surface area contributed by atoms with Gasteiger partial charge in [0.25, 0.3) is 0 Å². The van der Waals surface area contributed by atoms with Crippen LogP contribution in [0.2, 0.25) is 0 Å². The van der Waals surface area contributed by atoms with Crippen molar-refractivity contribution < 1.29 is 29.2 Å². The number of epoxide rings is 2. The lowest BCUT2D eigenvalue weighted by Crippen LogP contribution is -2.23. The number of ether oxygens (including phenoxy) is 4. The van der Waals surface area contributed by atoms with Crippen molar-refractivity contribution in [3.8, 4) is 0 Å². The first-order chi connectivity index (χ1) is 8.63. The minimum atomic E-state index is -0.803. The molecule has 2 N–H and O–H groups in total. The Hall–Kier alpha value is -0.240. The van der Waals surface area contributed by atoms with E-state index < -0.39 is 12.6 Å². The summed E-state index contributed by atoms with van der Waals surface area (Å²) < 4.78 is 20.4. The molecule has 2 saturated heterocycles. The molecule has 0 aromatic carbocycles. The van der Waals surface area contributed by atoms with Gasteiger partial charge in [-0.05, 0) is 5.92 Å². The van der Waals surface area contributed by atoms with Gasteiger partial charge < -0.3 is 29.2 Å². The number of hydrogen-bond acceptors (Lipinski definition) is 6. The second-order valence-electron chi connectivity index (χ2n) is 5.06. The highest BCUT2D eigenvalue weighted by molar-refractivity contribution is 4.69. The minimum absolute atomic E-state index is 0.121. The largest absolute Gasteiger partial charge is 0.371 e. The molecule has 0 bridgehead atoms. The quantitative estimate of drug-likeness (QED) is 0.421. The van der Waals surface area contributed by atoms with E-state index in [1.165, 1.54) is 0 Å². The number of aliphatic hydroxyl groups excluding tert-OH is 2. The predicted molar refractivity (Wildman–Crippen MR) is 61.8 cm³/mol. The average molecular weight is 262 g/mol. The Morgan fingerprint density at radius 1 is 1.00 bits per heavy atom. The Morgan fingerprint density at radius 2 is 1.39 bits per heavy atom. The second kappa shape index (κ2) is 6.79. The van der Waals surface area contributed by atoms with E-state index in [0.717, 1.165) is 13.2 Å². The molecule has 106 valence electrons. The van der Waals surface area contributed by atoms with Gasteiger partial charge in [0.05, 0.1) is 26.4 Å². The molecule has 0 aromatic rings. The maximum atomic E-state index is 9.62. The van der Waals surface area contributed by atoms with Crippen molar-refractivity contribution >= 4 is 0 Å². The molecule has 6 heteroatoms. The van der Waals surface area contributed by atoms with E-state index in [0.29, 0.717) is 26.1 Å². The van der Waals surface area contributed by atoms with Crippen molar-refractivity contribution in [1.82, 2.24) is 0 Å². The van der Waals surface area contributed by atoms with Crippen LogP contribution < -0.4 is 0 Å². The van der Waals surface area contributed by atoms with Crippen molar-refractivity contribution in [1.29, 1.82) is 0 Å². The molecule has 2 fully saturated rings. The molecule has 2 aliphatic rings. The van der Waals surface area contributed by atoms with E-state index >= 15 is 0 Å². The monoisotopic (exact) mass is 262 g/mol. The average Bonchev–Trinajstić information content (AvgIpc) is 3.16. The van der Waals surface area contributed by atoms with E-state index in [1.54, 1.807) is 0 Å². The maximum absolute atomic E-state index is 9.62. The van der Waals surface area contributed by atoms with Gasteiger partial charge in [-0.25, -0.2) is 0 Å². The highest BCUT2D eigenvalue weighted by Gasteiger charge is 2.26. The molecule has 0 spiro atoms. The Labute approximate surface area is 107 Å². The summed E-state index contributed by atoms with van der Waals surface area (Å²) in [6.07, 6.45) is -0.337. The first-order valence-electron chi connectivity index (χ1n) is 6.46. The summed E-state index contributed by atoms with van der Waals surface area (Å²) in [7, 11) is 0. The Kier molecular flexibility index (Phi) is 5.35. The van der Waals surface area contributed by atoms with Crippen molar-refractivity contribution in [2.45, 2.75) is 44.6 Å². The maximum Gasteiger partial charge on any atom is 0.154 e. The van der Waals surface area contributed by atoms with E-state index in [2.05, 4.69) is 0 Å². The Balaban J connectivity index is 1.49. The van der Waals surface area contributed by atoms with Gasteiger partial charge in [0.1, 0.15) is 12.2 Å². The van der Waals surface area contributed by atoms with Gasteiger partial charge in [0.2, 0.25) is 0 Å². The fourth-order valence-corrected chi connectivity index (χ4v) is 1.69. The fourth-order valence-electron chi connectivity index (χ4n) is 1.69. The molecule has 4 atom stereocenters. The van der Waals surface area contributed by atoms with Crippen molar-refractivity contribution in [2.75, 3.05) is 26.4 Å². The van der Waals surface area contributed by atoms with Gasteiger partial charge in [-0.2, -0.15) is 0 Å². The summed E-state index contributed by atoms with van der Waals surface area (Å²) in [4.78, 5) is 0. The molecule has 0 radical (unpaired) electrons. The summed E-state index contributed by atoms with van der Waals surface area (Å²) in [6.45, 7) is 4.26. The molecule has 6 nitrogen and oxygen atoms in total. The van der Waals surface area contributed by atoms with Gasteiger partial charge in [-0.15, -0.1) is 0 Å². The number of rotatable bonds is 10. The van der Waals surface area contributed by atoms with Gasteiger partial charge in [0.15, 0.2) is 12.6 Å². The highest BCUT2D eigenvalue weighted by atomic mass is 16.6. The standard InChI is InChI=1S/C12H22O6/c1-8(2-11(13)17-6-9-4-15-9)3-12(14)18-7-10-5-16-10/h8-14H,2-7H2,1H3. The van der Waals surface area contributed by atoms with Crippen LogP contribution in [0.5, 0.6) is 0 Å². The zero-order chi connectivity index (χ0) is 13.0. The van der Waals surface area contributed by atoms with Gasteiger partial charge in [-0.1, -0.05) is 6.92 Å². The van der Waals surface area contributed by atoms with Crippen LogP contribution in [0.1, 0.15) is 19.8 Å². The van der Waals surface area contributed by atoms with E-state index in [1.807, 2.05) is 6.92 Å². The topological polar surface area (TPSA) is 84.0 Å². The van der Waals surface area contributed by atoms with Crippen LogP contribution in [-0.4, -0.2) is 61.4 Å². The smallest absolute Gasteiger partial charge is 0.154 e. The van der Waals surface area contributed by atoms with Gasteiger partial charge >= 0.3 is 0 Å². The van der Waals surface area contributed by atoms with E-state index in [4.69, 9.17) is 18.9 Å². The van der Waals surface area contributed by atoms with Crippen LogP contribution in [0.4, 0.5) is 0 Å². The number of hydrogen-bond donors (Lipinski definition) is 2. The van der Waals surface area contributed by atoms with Crippen molar-refractivity contribution in [3.05, 3.63) is 0 Å². The summed E-state index contributed by atoms with van der Waals surface area (Å²) >= 11 is 0. The molecule has 2 aliphatic heterocycles. The van der Waals surface area contributed by atoms with E-state index in [-0.39, 0.29) is 18.1 Å². The normalized spacial score (nSPS) is 30.8. The third kappa shape index (κ3) is 6.08. The van der Waals surface area contributed by atoms with Crippen LogP contribution in [0.15, 0.2) is 0 Å².